The minimum absolute atomic E-state index is 0.0998. The van der Waals surface area contributed by atoms with E-state index in [2.05, 4.69) is 0 Å². The maximum Gasteiger partial charge on any atom is 0.409 e. The first-order chi connectivity index (χ1) is 15.9. The largest absolute Gasteiger partial charge is 0.450 e. The van der Waals surface area contributed by atoms with E-state index >= 15 is 0 Å². The molecule has 2 aromatic rings. The molecular formula is C26H34N2O5. The molecule has 0 saturated carbocycles. The number of amides is 2. The predicted octanol–water partition coefficient (Wildman–Crippen LogP) is 3.80. The van der Waals surface area contributed by atoms with Crippen molar-refractivity contribution in [2.45, 2.75) is 39.5 Å². The average Bonchev–Trinajstić information content (AvgIpc) is 2.85. The van der Waals surface area contributed by atoms with Crippen LogP contribution in [0.3, 0.4) is 0 Å². The summed E-state index contributed by atoms with van der Waals surface area (Å²) in [5.74, 6) is -0.231. The third-order valence-corrected chi connectivity index (χ3v) is 6.13. The fourth-order valence-electron chi connectivity index (χ4n) is 4.13. The zero-order valence-electron chi connectivity index (χ0n) is 19.9. The number of hydrogen-bond acceptors (Lipinski definition) is 5. The number of carbonyl (C=O) groups is 2. The van der Waals surface area contributed by atoms with Crippen molar-refractivity contribution >= 4 is 12.0 Å². The third kappa shape index (κ3) is 5.72. The maximum atomic E-state index is 13.7. The van der Waals surface area contributed by atoms with Gasteiger partial charge in [-0.1, -0.05) is 49.4 Å². The van der Waals surface area contributed by atoms with E-state index in [1.54, 1.807) is 18.9 Å². The van der Waals surface area contributed by atoms with Gasteiger partial charge in [0.05, 0.1) is 38.5 Å². The highest BCUT2D eigenvalue weighted by atomic mass is 16.6. The molecular weight excluding hydrogens is 420 g/mol. The van der Waals surface area contributed by atoms with Gasteiger partial charge in [-0.05, 0) is 36.6 Å². The van der Waals surface area contributed by atoms with Gasteiger partial charge in [-0.25, -0.2) is 4.79 Å². The second-order valence-electron chi connectivity index (χ2n) is 8.60. The van der Waals surface area contributed by atoms with Crippen molar-refractivity contribution in [3.05, 3.63) is 59.7 Å². The first-order valence-electron chi connectivity index (χ1n) is 11.5. The molecule has 1 heterocycles. The lowest BCUT2D eigenvalue weighted by Crippen LogP contribution is -2.47. The number of rotatable bonds is 5. The average molecular weight is 455 g/mol. The number of hydrogen-bond donors (Lipinski definition) is 1. The summed E-state index contributed by atoms with van der Waals surface area (Å²) < 4.78 is 11.5. The molecule has 0 aromatic heterocycles. The van der Waals surface area contributed by atoms with E-state index in [-0.39, 0.29) is 30.6 Å². The molecule has 2 aromatic carbocycles. The first kappa shape index (κ1) is 24.7. The Morgan fingerprint density at radius 3 is 2.48 bits per heavy atom. The Morgan fingerprint density at radius 1 is 1.18 bits per heavy atom. The Morgan fingerprint density at radius 2 is 1.82 bits per heavy atom. The summed E-state index contributed by atoms with van der Waals surface area (Å²) in [6.07, 6.45) is -0.748. The van der Waals surface area contributed by atoms with Crippen molar-refractivity contribution in [3.8, 4) is 11.1 Å². The summed E-state index contributed by atoms with van der Waals surface area (Å²) in [4.78, 5) is 29.2. The molecule has 0 fully saturated rings. The number of nitrogens with zero attached hydrogens (tertiary/aromatic N) is 2. The Bertz CT molecular complexity index is 963. The number of fused-ring (bicyclic) bond motifs is 3. The zero-order chi connectivity index (χ0) is 24.0. The molecule has 0 saturated heterocycles. The maximum absolute atomic E-state index is 13.7. The van der Waals surface area contributed by atoms with Crippen LogP contribution in [-0.2, 0) is 16.1 Å². The Balaban J connectivity index is 2.04. The standard InChI is InChI=1S/C26H34N2O5/c1-5-32-26(31)27(4)15-24-18(2)14-28(19(3)16-29)25(30)23-13-9-8-12-22(23)21-11-7-6-10-20(21)17-33-24/h6-13,18-19,24,29H,5,14-17H2,1-4H3/t18-,19-,24-/m0/s1. The summed E-state index contributed by atoms with van der Waals surface area (Å²) in [5.41, 5.74) is 3.34. The third-order valence-electron chi connectivity index (χ3n) is 6.13. The minimum atomic E-state index is -0.410. The van der Waals surface area contributed by atoms with Gasteiger partial charge in [0, 0.05) is 25.1 Å². The SMILES string of the molecule is CCOC(=O)N(C)C[C@@H]1OCc2ccccc2-c2ccccc2C(=O)N([C@@H](C)CO)C[C@@H]1C. The van der Waals surface area contributed by atoms with E-state index in [0.717, 1.165) is 16.7 Å². The molecule has 1 aliphatic heterocycles. The van der Waals surface area contributed by atoms with Crippen LogP contribution < -0.4 is 0 Å². The van der Waals surface area contributed by atoms with Crippen LogP contribution in [0.2, 0.25) is 0 Å². The molecule has 3 atom stereocenters. The van der Waals surface area contributed by atoms with Gasteiger partial charge in [0.2, 0.25) is 0 Å². The van der Waals surface area contributed by atoms with Gasteiger partial charge in [-0.15, -0.1) is 0 Å². The highest BCUT2D eigenvalue weighted by molar-refractivity contribution is 6.01. The van der Waals surface area contributed by atoms with Crippen molar-refractivity contribution in [1.82, 2.24) is 9.80 Å². The van der Waals surface area contributed by atoms with E-state index in [4.69, 9.17) is 9.47 Å². The lowest BCUT2D eigenvalue weighted by molar-refractivity contribution is -0.0227. The van der Waals surface area contributed by atoms with Gasteiger partial charge < -0.3 is 24.4 Å². The summed E-state index contributed by atoms with van der Waals surface area (Å²) >= 11 is 0. The van der Waals surface area contributed by atoms with Gasteiger partial charge in [-0.2, -0.15) is 0 Å². The van der Waals surface area contributed by atoms with Crippen molar-refractivity contribution in [2.75, 3.05) is 33.4 Å². The second kappa shape index (κ2) is 11.3. The lowest BCUT2D eigenvalue weighted by atomic mass is 9.94. The molecule has 1 N–H and O–H groups in total. The van der Waals surface area contributed by atoms with Crippen LogP contribution >= 0.6 is 0 Å². The number of benzene rings is 2. The van der Waals surface area contributed by atoms with Crippen LogP contribution in [0.5, 0.6) is 0 Å². The van der Waals surface area contributed by atoms with Gasteiger partial charge in [0.25, 0.3) is 5.91 Å². The quantitative estimate of drug-likeness (QED) is 0.744. The Labute approximate surface area is 195 Å². The van der Waals surface area contributed by atoms with E-state index in [0.29, 0.717) is 31.9 Å². The first-order valence-corrected chi connectivity index (χ1v) is 11.5. The topological polar surface area (TPSA) is 79.3 Å². The van der Waals surface area contributed by atoms with E-state index < -0.39 is 6.09 Å². The zero-order valence-corrected chi connectivity index (χ0v) is 19.9. The summed E-state index contributed by atoms with van der Waals surface area (Å²) in [5, 5.41) is 9.89. The predicted molar refractivity (Wildman–Crippen MR) is 127 cm³/mol. The molecule has 2 amide bonds. The summed E-state index contributed by atoms with van der Waals surface area (Å²) in [6, 6.07) is 15.1. The monoisotopic (exact) mass is 454 g/mol. The van der Waals surface area contributed by atoms with E-state index in [1.165, 1.54) is 4.90 Å². The summed E-state index contributed by atoms with van der Waals surface area (Å²) in [6.45, 7) is 6.81. The molecule has 3 rings (SSSR count). The van der Waals surface area contributed by atoms with Crippen LogP contribution in [0, 0.1) is 5.92 Å². The molecule has 7 nitrogen and oxygen atoms in total. The van der Waals surface area contributed by atoms with Crippen LogP contribution in [0.15, 0.2) is 48.5 Å². The number of likely N-dealkylation sites (N-methyl/N-ethyl adjacent to an activating group) is 1. The molecule has 0 spiro atoms. The smallest absolute Gasteiger partial charge is 0.409 e. The number of aliphatic hydroxyl groups excluding tert-OH is 1. The fraction of sp³-hybridized carbons (Fsp3) is 0.462. The van der Waals surface area contributed by atoms with Crippen molar-refractivity contribution < 1.29 is 24.2 Å². The molecule has 0 bridgehead atoms. The van der Waals surface area contributed by atoms with Gasteiger partial charge in [-0.3, -0.25) is 4.79 Å². The van der Waals surface area contributed by atoms with Gasteiger partial charge >= 0.3 is 6.09 Å². The minimum Gasteiger partial charge on any atom is -0.450 e. The summed E-state index contributed by atoms with van der Waals surface area (Å²) in [7, 11) is 1.68. The second-order valence-corrected chi connectivity index (χ2v) is 8.60. The number of ether oxygens (including phenoxy) is 2. The Kier molecular flexibility index (Phi) is 8.47. The Hall–Kier alpha value is -2.90. The molecule has 0 radical (unpaired) electrons. The van der Waals surface area contributed by atoms with Crippen LogP contribution in [0.4, 0.5) is 4.79 Å². The van der Waals surface area contributed by atoms with Gasteiger partial charge in [0.15, 0.2) is 0 Å². The van der Waals surface area contributed by atoms with Crippen LogP contribution in [0.25, 0.3) is 11.1 Å². The van der Waals surface area contributed by atoms with Crippen LogP contribution in [-0.4, -0.2) is 72.4 Å². The number of aliphatic hydroxyl groups is 1. The van der Waals surface area contributed by atoms with E-state index in [1.807, 2.05) is 62.4 Å². The van der Waals surface area contributed by atoms with Crippen molar-refractivity contribution in [3.63, 3.8) is 0 Å². The molecule has 1 aliphatic rings. The normalized spacial score (nSPS) is 19.7. The van der Waals surface area contributed by atoms with Crippen molar-refractivity contribution in [1.29, 1.82) is 0 Å². The van der Waals surface area contributed by atoms with Gasteiger partial charge in [0.1, 0.15) is 0 Å². The highest BCUT2D eigenvalue weighted by Gasteiger charge is 2.31. The molecule has 33 heavy (non-hydrogen) atoms. The van der Waals surface area contributed by atoms with E-state index in [9.17, 15) is 14.7 Å². The lowest BCUT2D eigenvalue weighted by Gasteiger charge is -2.35. The molecule has 0 aliphatic carbocycles. The highest BCUT2D eigenvalue weighted by Crippen LogP contribution is 2.31. The van der Waals surface area contributed by atoms with Crippen molar-refractivity contribution in [2.24, 2.45) is 5.92 Å². The number of carbonyl (C=O) groups excluding carboxylic acids is 2. The molecule has 0 unspecified atom stereocenters. The van der Waals surface area contributed by atoms with Crippen LogP contribution in [0.1, 0.15) is 36.7 Å². The molecule has 178 valence electrons. The molecule has 7 heteroatoms. The fourth-order valence-corrected chi connectivity index (χ4v) is 4.13.